The molecule has 1 saturated heterocycles. The number of likely N-dealkylation sites (tertiary alicyclic amines) is 1. The minimum atomic E-state index is -0.299. The van der Waals surface area contributed by atoms with Gasteiger partial charge >= 0.3 is 0 Å². The molecule has 182 valence electrons. The standard InChI is InChI=1S/C25H27N5O4S/c1-33-24-20-21(19(15-27-24)16-7-13-34-14-8-16)35-25(28-20)29-23(32)18-5-3-17(4-6-18)22(31)26-9-12-30-10-2-11-30/h3-7,15H,2,8-14H2,1H3,(H,26,31)(H,28,29,32). The second-order valence-corrected chi connectivity index (χ2v) is 9.41. The van der Waals surface area contributed by atoms with Crippen LogP contribution in [0, 0.1) is 0 Å². The Bertz CT molecular complexity index is 1270. The number of carbonyl (C=O) groups is 2. The molecule has 2 amide bonds. The molecular weight excluding hydrogens is 466 g/mol. The van der Waals surface area contributed by atoms with Gasteiger partial charge in [-0.1, -0.05) is 17.4 Å². The van der Waals surface area contributed by atoms with Crippen LogP contribution in [0.4, 0.5) is 5.13 Å². The molecule has 2 N–H and O–H groups in total. The highest BCUT2D eigenvalue weighted by Crippen LogP contribution is 2.37. The molecule has 0 spiro atoms. The van der Waals surface area contributed by atoms with E-state index in [0.717, 1.165) is 41.9 Å². The average molecular weight is 494 g/mol. The van der Waals surface area contributed by atoms with Gasteiger partial charge in [-0.05, 0) is 55.8 Å². The summed E-state index contributed by atoms with van der Waals surface area (Å²) < 4.78 is 11.7. The van der Waals surface area contributed by atoms with Crippen LogP contribution in [0.25, 0.3) is 15.8 Å². The smallest absolute Gasteiger partial charge is 0.257 e. The maximum Gasteiger partial charge on any atom is 0.257 e. The zero-order valence-corrected chi connectivity index (χ0v) is 20.3. The summed E-state index contributed by atoms with van der Waals surface area (Å²) in [6.45, 7) is 4.91. The number of methoxy groups -OCH3 is 1. The first kappa shape index (κ1) is 23.4. The number of hydrogen-bond acceptors (Lipinski definition) is 8. The Kier molecular flexibility index (Phi) is 7.03. The molecule has 9 nitrogen and oxygen atoms in total. The van der Waals surface area contributed by atoms with E-state index in [1.807, 2.05) is 6.08 Å². The van der Waals surface area contributed by atoms with Crippen molar-refractivity contribution in [3.8, 4) is 5.88 Å². The van der Waals surface area contributed by atoms with Crippen molar-refractivity contribution in [2.45, 2.75) is 12.8 Å². The minimum absolute atomic E-state index is 0.141. The molecule has 2 aliphatic heterocycles. The van der Waals surface area contributed by atoms with Gasteiger partial charge in [-0.3, -0.25) is 14.9 Å². The number of amides is 2. The Hall–Kier alpha value is -3.34. The van der Waals surface area contributed by atoms with Crippen molar-refractivity contribution >= 4 is 44.1 Å². The van der Waals surface area contributed by atoms with Gasteiger partial charge in [0.2, 0.25) is 5.88 Å². The lowest BCUT2D eigenvalue weighted by molar-refractivity contribution is 0.0939. The van der Waals surface area contributed by atoms with Gasteiger partial charge in [0.25, 0.3) is 11.8 Å². The lowest BCUT2D eigenvalue weighted by Gasteiger charge is -2.30. The first-order valence-corrected chi connectivity index (χ1v) is 12.5. The predicted molar refractivity (Wildman–Crippen MR) is 135 cm³/mol. The molecule has 2 aromatic heterocycles. The molecule has 1 aromatic carbocycles. The topological polar surface area (TPSA) is 106 Å². The van der Waals surface area contributed by atoms with Gasteiger partial charge in [0, 0.05) is 36.0 Å². The first-order chi connectivity index (χ1) is 17.1. The summed E-state index contributed by atoms with van der Waals surface area (Å²) in [5, 5.41) is 6.25. The average Bonchev–Trinajstić information content (AvgIpc) is 3.29. The number of nitrogens with zero attached hydrogens (tertiary/aromatic N) is 3. The van der Waals surface area contributed by atoms with Crippen LogP contribution in [0.2, 0.25) is 0 Å². The second-order valence-electron chi connectivity index (χ2n) is 8.41. The number of benzene rings is 1. The number of aromatic nitrogens is 2. The second kappa shape index (κ2) is 10.5. The summed E-state index contributed by atoms with van der Waals surface area (Å²) in [6.07, 6.45) is 5.86. The van der Waals surface area contributed by atoms with E-state index in [-0.39, 0.29) is 11.8 Å². The SMILES string of the molecule is COc1ncc(C2=CCOCC2)c2sc(NC(=O)c3ccc(C(=O)NCCN4CCC4)cc3)nc12. The molecule has 0 saturated carbocycles. The lowest BCUT2D eigenvalue weighted by atomic mass is 10.0. The number of nitrogens with one attached hydrogen (secondary N) is 2. The molecule has 0 aliphatic carbocycles. The molecule has 4 heterocycles. The summed E-state index contributed by atoms with van der Waals surface area (Å²) >= 11 is 1.38. The van der Waals surface area contributed by atoms with Crippen LogP contribution in [0.15, 0.2) is 36.5 Å². The van der Waals surface area contributed by atoms with Crippen molar-refractivity contribution in [1.82, 2.24) is 20.2 Å². The Morgan fingerprint density at radius 2 is 1.94 bits per heavy atom. The van der Waals surface area contributed by atoms with Crippen molar-refractivity contribution in [1.29, 1.82) is 0 Å². The van der Waals surface area contributed by atoms with E-state index in [4.69, 9.17) is 9.47 Å². The summed E-state index contributed by atoms with van der Waals surface area (Å²) in [6, 6.07) is 6.62. The van der Waals surface area contributed by atoms with Gasteiger partial charge in [0.05, 0.1) is 25.0 Å². The van der Waals surface area contributed by atoms with Gasteiger partial charge in [-0.25, -0.2) is 9.97 Å². The first-order valence-electron chi connectivity index (χ1n) is 11.6. The van der Waals surface area contributed by atoms with Gasteiger partial charge in [-0.2, -0.15) is 0 Å². The number of rotatable bonds is 8. The largest absolute Gasteiger partial charge is 0.479 e. The Labute approximate surface area is 207 Å². The van der Waals surface area contributed by atoms with Gasteiger partial charge < -0.3 is 19.7 Å². The maximum absolute atomic E-state index is 12.9. The fourth-order valence-electron chi connectivity index (χ4n) is 4.07. The summed E-state index contributed by atoms with van der Waals surface area (Å²) in [5.41, 5.74) is 3.71. The van der Waals surface area contributed by atoms with Crippen LogP contribution in [0.1, 0.15) is 39.1 Å². The summed E-state index contributed by atoms with van der Waals surface area (Å²) in [5.74, 6) is -0.0246. The Balaban J connectivity index is 1.28. The van der Waals surface area contributed by atoms with Crippen molar-refractivity contribution in [3.05, 3.63) is 53.2 Å². The highest BCUT2D eigenvalue weighted by atomic mass is 32.1. The third-order valence-electron chi connectivity index (χ3n) is 6.18. The maximum atomic E-state index is 12.9. The zero-order valence-electron chi connectivity index (χ0n) is 19.5. The van der Waals surface area contributed by atoms with Crippen LogP contribution in [-0.2, 0) is 4.74 Å². The number of pyridine rings is 1. The molecule has 0 atom stereocenters. The minimum Gasteiger partial charge on any atom is -0.479 e. The van der Waals surface area contributed by atoms with Crippen LogP contribution in [-0.4, -0.2) is 73.2 Å². The lowest BCUT2D eigenvalue weighted by Crippen LogP contribution is -2.42. The third-order valence-corrected chi connectivity index (χ3v) is 7.18. The van der Waals surface area contributed by atoms with E-state index in [1.165, 1.54) is 17.8 Å². The Morgan fingerprint density at radius 1 is 1.17 bits per heavy atom. The van der Waals surface area contributed by atoms with Crippen molar-refractivity contribution in [2.24, 2.45) is 0 Å². The molecule has 2 aliphatic rings. The third kappa shape index (κ3) is 5.19. The van der Waals surface area contributed by atoms with Gasteiger partial charge in [-0.15, -0.1) is 0 Å². The van der Waals surface area contributed by atoms with E-state index in [2.05, 4.69) is 25.5 Å². The predicted octanol–water partition coefficient (Wildman–Crippen LogP) is 3.19. The van der Waals surface area contributed by atoms with Crippen molar-refractivity contribution in [2.75, 3.05) is 51.8 Å². The molecule has 3 aromatic rings. The number of ether oxygens (including phenoxy) is 2. The zero-order chi connectivity index (χ0) is 24.2. The van der Waals surface area contributed by atoms with Crippen LogP contribution >= 0.6 is 11.3 Å². The molecule has 5 rings (SSSR count). The molecule has 0 radical (unpaired) electrons. The molecule has 35 heavy (non-hydrogen) atoms. The Morgan fingerprint density at radius 3 is 2.60 bits per heavy atom. The number of carbonyl (C=O) groups excluding carboxylic acids is 2. The fourth-order valence-corrected chi connectivity index (χ4v) is 5.07. The van der Waals surface area contributed by atoms with Crippen LogP contribution in [0.5, 0.6) is 5.88 Å². The molecule has 1 fully saturated rings. The summed E-state index contributed by atoms with van der Waals surface area (Å²) in [7, 11) is 1.55. The van der Waals surface area contributed by atoms with Crippen molar-refractivity contribution in [3.63, 3.8) is 0 Å². The summed E-state index contributed by atoms with van der Waals surface area (Å²) in [4.78, 5) is 36.5. The van der Waals surface area contributed by atoms with E-state index in [9.17, 15) is 9.59 Å². The fraction of sp³-hybridized carbons (Fsp3) is 0.360. The molecule has 0 bridgehead atoms. The van der Waals surface area contributed by atoms with Crippen LogP contribution < -0.4 is 15.4 Å². The van der Waals surface area contributed by atoms with Gasteiger partial charge in [0.15, 0.2) is 5.13 Å². The van der Waals surface area contributed by atoms with Crippen molar-refractivity contribution < 1.29 is 19.1 Å². The van der Waals surface area contributed by atoms with E-state index < -0.39 is 0 Å². The normalized spacial score (nSPS) is 15.9. The number of hydrogen-bond donors (Lipinski definition) is 2. The number of anilines is 1. The molecule has 0 unspecified atom stereocenters. The highest BCUT2D eigenvalue weighted by molar-refractivity contribution is 7.22. The van der Waals surface area contributed by atoms with E-state index in [1.54, 1.807) is 37.6 Å². The van der Waals surface area contributed by atoms with E-state index >= 15 is 0 Å². The number of thiazole rings is 1. The number of fused-ring (bicyclic) bond motifs is 1. The monoisotopic (exact) mass is 493 g/mol. The highest BCUT2D eigenvalue weighted by Gasteiger charge is 2.19. The van der Waals surface area contributed by atoms with Gasteiger partial charge in [0.1, 0.15) is 5.52 Å². The van der Waals surface area contributed by atoms with Crippen LogP contribution in [0.3, 0.4) is 0 Å². The quantitative estimate of drug-likeness (QED) is 0.496. The molecule has 10 heteroatoms. The molecular formula is C25H27N5O4S. The van der Waals surface area contributed by atoms with E-state index in [0.29, 0.717) is 47.4 Å².